The summed E-state index contributed by atoms with van der Waals surface area (Å²) >= 11 is 0. The van der Waals surface area contributed by atoms with Crippen LogP contribution in [0.2, 0.25) is 0 Å². The zero-order valence-corrected chi connectivity index (χ0v) is 51.2. The number of unbranched alkanes of at least 4 members (excludes halogenated alkanes) is 30. The van der Waals surface area contributed by atoms with Gasteiger partial charge in [0.2, 0.25) is 0 Å². The molecule has 0 saturated carbocycles. The van der Waals surface area contributed by atoms with E-state index >= 15 is 0 Å². The smallest absolute Gasteiger partial charge is 0.306 e. The van der Waals surface area contributed by atoms with Gasteiger partial charge in [0.25, 0.3) is 0 Å². The Kier molecular flexibility index (Phi) is 62.3. The van der Waals surface area contributed by atoms with E-state index in [1.165, 1.54) is 154 Å². The topological polar surface area (TPSA) is 78.9 Å². The summed E-state index contributed by atoms with van der Waals surface area (Å²) in [4.78, 5) is 38.2. The SMILES string of the molecule is CC/C=C\C/C=C\C/C=C\C/C=C\C/C=C\CCCCCCCCCCCCCCCC(=O)OCC(COC(=O)CCCCCCCCCC)OC(=O)CCCCCCCCCCCC/C=C\C/C=C\C/C=C\C/C=C\CC. The molecule has 0 amide bonds. The lowest BCUT2D eigenvalue weighted by molar-refractivity contribution is -0.167. The number of esters is 3. The molecule has 0 spiro atoms. The van der Waals surface area contributed by atoms with Crippen molar-refractivity contribution in [3.8, 4) is 0 Å². The molecule has 0 aliphatic rings. The largest absolute Gasteiger partial charge is 0.462 e. The van der Waals surface area contributed by atoms with E-state index in [2.05, 4.69) is 130 Å². The lowest BCUT2D eigenvalue weighted by Crippen LogP contribution is -2.30. The fraction of sp³-hybridized carbons (Fsp3) is 0.708. The molecule has 6 heteroatoms. The first-order chi connectivity index (χ1) is 38.5. The molecule has 0 radical (unpaired) electrons. The molecule has 78 heavy (non-hydrogen) atoms. The number of carbonyl (C=O) groups excluding carboxylic acids is 3. The average Bonchev–Trinajstić information content (AvgIpc) is 3.44. The fourth-order valence-corrected chi connectivity index (χ4v) is 9.17. The van der Waals surface area contributed by atoms with E-state index in [0.29, 0.717) is 19.3 Å². The first-order valence-electron chi connectivity index (χ1n) is 32.9. The van der Waals surface area contributed by atoms with Crippen LogP contribution in [0.3, 0.4) is 0 Å². The van der Waals surface area contributed by atoms with E-state index in [-0.39, 0.29) is 31.1 Å². The zero-order chi connectivity index (χ0) is 56.4. The zero-order valence-electron chi connectivity index (χ0n) is 51.2. The summed E-state index contributed by atoms with van der Waals surface area (Å²) < 4.78 is 16.9. The molecule has 6 nitrogen and oxygen atoms in total. The Hall–Kier alpha value is -3.93. The van der Waals surface area contributed by atoms with Gasteiger partial charge in [-0.25, -0.2) is 0 Å². The molecule has 0 aromatic heterocycles. The molecule has 0 saturated heterocycles. The lowest BCUT2D eigenvalue weighted by atomic mass is 10.0. The number of carbonyl (C=O) groups is 3. The van der Waals surface area contributed by atoms with E-state index in [1.54, 1.807) is 0 Å². The van der Waals surface area contributed by atoms with Crippen LogP contribution in [0.1, 0.15) is 310 Å². The van der Waals surface area contributed by atoms with Gasteiger partial charge in [-0.3, -0.25) is 14.4 Å². The minimum Gasteiger partial charge on any atom is -0.462 e. The number of rotatable bonds is 59. The maximum Gasteiger partial charge on any atom is 0.306 e. The van der Waals surface area contributed by atoms with Gasteiger partial charge in [0, 0.05) is 19.3 Å². The molecular formula is C72H122O6. The molecule has 1 unspecified atom stereocenters. The standard InChI is InChI=1S/C72H122O6/c1-4-7-10-13-16-19-21-23-25-27-29-31-33-34-35-36-37-38-40-41-43-45-47-49-51-53-56-59-62-65-71(74)77-68-69(67-76-70(73)64-61-58-55-18-15-12-9-6-3)78-72(75)66-63-60-57-54-52-50-48-46-44-42-39-32-30-28-26-24-22-20-17-14-11-8-5-2/h7-8,10-11,16-17,19-20,23-26,29-32,34-35,69H,4-6,9,12-15,18,21-22,27-28,33,36-68H2,1-3H3/b10-7-,11-8-,19-16-,20-17-,25-23-,26-24-,31-29-,32-30-,35-34-. The second-order valence-electron chi connectivity index (χ2n) is 21.6. The molecule has 0 heterocycles. The number of ether oxygens (including phenoxy) is 3. The highest BCUT2D eigenvalue weighted by atomic mass is 16.6. The maximum absolute atomic E-state index is 12.9. The summed E-state index contributed by atoms with van der Waals surface area (Å²) in [6, 6.07) is 0. The van der Waals surface area contributed by atoms with Crippen LogP contribution >= 0.6 is 0 Å². The van der Waals surface area contributed by atoms with E-state index in [9.17, 15) is 14.4 Å². The first-order valence-corrected chi connectivity index (χ1v) is 32.9. The minimum absolute atomic E-state index is 0.0776. The summed E-state index contributed by atoms with van der Waals surface area (Å²) in [6.45, 7) is 6.40. The molecule has 0 rings (SSSR count). The molecule has 0 aliphatic carbocycles. The van der Waals surface area contributed by atoms with Gasteiger partial charge in [0.05, 0.1) is 0 Å². The maximum atomic E-state index is 12.9. The van der Waals surface area contributed by atoms with Gasteiger partial charge < -0.3 is 14.2 Å². The van der Waals surface area contributed by atoms with Crippen LogP contribution in [0, 0.1) is 0 Å². The van der Waals surface area contributed by atoms with Crippen LogP contribution in [-0.2, 0) is 28.6 Å². The summed E-state index contributed by atoms with van der Waals surface area (Å²) in [5, 5.41) is 0. The van der Waals surface area contributed by atoms with Crippen molar-refractivity contribution < 1.29 is 28.6 Å². The van der Waals surface area contributed by atoms with Gasteiger partial charge in [0.1, 0.15) is 13.2 Å². The van der Waals surface area contributed by atoms with Crippen LogP contribution in [0.5, 0.6) is 0 Å². The van der Waals surface area contributed by atoms with Gasteiger partial charge >= 0.3 is 17.9 Å². The number of hydrogen-bond donors (Lipinski definition) is 0. The average molecular weight is 1080 g/mol. The normalized spacial score (nSPS) is 12.8. The fourth-order valence-electron chi connectivity index (χ4n) is 9.17. The van der Waals surface area contributed by atoms with E-state index in [0.717, 1.165) is 116 Å². The minimum atomic E-state index is -0.780. The number of hydrogen-bond acceptors (Lipinski definition) is 6. The van der Waals surface area contributed by atoms with Crippen LogP contribution < -0.4 is 0 Å². The van der Waals surface area contributed by atoms with Crippen LogP contribution in [-0.4, -0.2) is 37.2 Å². The van der Waals surface area contributed by atoms with Crippen LogP contribution in [0.15, 0.2) is 109 Å². The monoisotopic (exact) mass is 1080 g/mol. The van der Waals surface area contributed by atoms with Crippen molar-refractivity contribution in [2.75, 3.05) is 13.2 Å². The molecule has 0 aromatic rings. The molecule has 0 bridgehead atoms. The van der Waals surface area contributed by atoms with E-state index < -0.39 is 6.10 Å². The van der Waals surface area contributed by atoms with Crippen LogP contribution in [0.25, 0.3) is 0 Å². The van der Waals surface area contributed by atoms with Gasteiger partial charge in [-0.05, 0) is 103 Å². The molecule has 1 atom stereocenters. The second-order valence-corrected chi connectivity index (χ2v) is 21.6. The third kappa shape index (κ3) is 62.9. The predicted octanol–water partition coefficient (Wildman–Crippen LogP) is 22.6. The van der Waals surface area contributed by atoms with Crippen molar-refractivity contribution in [1.29, 1.82) is 0 Å². The van der Waals surface area contributed by atoms with Gasteiger partial charge in [-0.15, -0.1) is 0 Å². The Balaban J connectivity index is 4.15. The third-order valence-electron chi connectivity index (χ3n) is 14.0. The van der Waals surface area contributed by atoms with Crippen molar-refractivity contribution in [1.82, 2.24) is 0 Å². The Bertz CT molecular complexity index is 1570. The number of allylic oxidation sites excluding steroid dienone is 18. The van der Waals surface area contributed by atoms with Crippen molar-refractivity contribution in [3.63, 3.8) is 0 Å². The van der Waals surface area contributed by atoms with E-state index in [1.807, 2.05) is 0 Å². The predicted molar refractivity (Wildman–Crippen MR) is 339 cm³/mol. The van der Waals surface area contributed by atoms with Gasteiger partial charge in [0.15, 0.2) is 6.10 Å². The lowest BCUT2D eigenvalue weighted by Gasteiger charge is -2.18. The van der Waals surface area contributed by atoms with Crippen molar-refractivity contribution in [3.05, 3.63) is 109 Å². The van der Waals surface area contributed by atoms with Gasteiger partial charge in [-0.1, -0.05) is 297 Å². The third-order valence-corrected chi connectivity index (χ3v) is 14.0. The molecule has 0 N–H and O–H groups in total. The molecular weight excluding hydrogens is 961 g/mol. The highest BCUT2D eigenvalue weighted by Crippen LogP contribution is 2.17. The molecule has 0 fully saturated rings. The van der Waals surface area contributed by atoms with Crippen molar-refractivity contribution in [2.24, 2.45) is 0 Å². The Morgan fingerprint density at radius 2 is 0.500 bits per heavy atom. The van der Waals surface area contributed by atoms with Crippen molar-refractivity contribution >= 4 is 17.9 Å². The highest BCUT2D eigenvalue weighted by Gasteiger charge is 2.19. The second kappa shape index (κ2) is 65.6. The highest BCUT2D eigenvalue weighted by molar-refractivity contribution is 5.71. The first kappa shape index (κ1) is 74.1. The Labute approximate surface area is 482 Å². The van der Waals surface area contributed by atoms with E-state index in [4.69, 9.17) is 14.2 Å². The Morgan fingerprint density at radius 3 is 0.782 bits per heavy atom. The summed E-state index contributed by atoms with van der Waals surface area (Å²) in [7, 11) is 0. The molecule has 0 aromatic carbocycles. The van der Waals surface area contributed by atoms with Crippen molar-refractivity contribution in [2.45, 2.75) is 316 Å². The molecule has 446 valence electrons. The summed E-state index contributed by atoms with van der Waals surface area (Å²) in [6.07, 6.45) is 89.7. The molecule has 0 aliphatic heterocycles. The summed E-state index contributed by atoms with van der Waals surface area (Å²) in [5.41, 5.74) is 0. The summed E-state index contributed by atoms with van der Waals surface area (Å²) in [5.74, 6) is -0.879. The Morgan fingerprint density at radius 1 is 0.269 bits per heavy atom. The van der Waals surface area contributed by atoms with Crippen LogP contribution in [0.4, 0.5) is 0 Å². The van der Waals surface area contributed by atoms with Gasteiger partial charge in [-0.2, -0.15) is 0 Å². The quantitative estimate of drug-likeness (QED) is 0.0261.